The standard InChI is InChI=1S/C27H29N2.C15H28O2.Ir/c1-16(2)26-28-24(20-13-17(3)14-21(15-20)27(5,6)7)22-12-11-19-10-8-9-18(4)23(19)25(22)29-26;1-7-14(5,8-2)12(16)11-13(17)15(6,9-3)10-4;/h8-12,14-16H,1-7H3;11,16H,7-10H2,1-6H3;/q-1;;/b;12-11-;. The zero-order valence-electron chi connectivity index (χ0n) is 31.1. The van der Waals surface area contributed by atoms with Crippen molar-refractivity contribution in [2.24, 2.45) is 10.8 Å². The number of fused-ring (bicyclic) bond motifs is 3. The molecule has 0 aliphatic heterocycles. The number of hydrogen-bond acceptors (Lipinski definition) is 4. The number of rotatable bonds is 9. The third-order valence-corrected chi connectivity index (χ3v) is 10.2. The number of nitrogens with zero attached hydrogens (tertiary/aromatic N) is 2. The molecule has 1 aromatic heterocycles. The number of aliphatic hydroxyl groups excluding tert-OH is 1. The van der Waals surface area contributed by atoms with E-state index >= 15 is 0 Å². The van der Waals surface area contributed by atoms with E-state index in [1.165, 1.54) is 28.0 Å². The SMILES string of the molecule is CCC(C)(CC)C(=O)/C=C(\O)C(C)(CC)CC.Cc1[c-]c(-c2nc(C(C)C)nc3c2ccc2cccc(C)c23)cc(C(C)(C)C)c1.[Ir]. The van der Waals surface area contributed by atoms with Crippen LogP contribution in [0.25, 0.3) is 32.9 Å². The van der Waals surface area contributed by atoms with Gasteiger partial charge in [-0.15, -0.1) is 34.9 Å². The van der Waals surface area contributed by atoms with Gasteiger partial charge in [0.25, 0.3) is 0 Å². The predicted octanol–water partition coefficient (Wildman–Crippen LogP) is 11.9. The molecular weight excluding hydrogens is 757 g/mol. The van der Waals surface area contributed by atoms with Gasteiger partial charge in [-0.05, 0) is 60.1 Å². The number of ketones is 1. The Labute approximate surface area is 298 Å². The van der Waals surface area contributed by atoms with E-state index in [9.17, 15) is 9.90 Å². The van der Waals surface area contributed by atoms with Crippen LogP contribution in [-0.4, -0.2) is 20.9 Å². The molecule has 0 saturated carbocycles. The quantitative estimate of drug-likeness (QED) is 0.0791. The minimum Gasteiger partial charge on any atom is -0.512 e. The molecule has 4 aromatic rings. The first-order valence-electron chi connectivity index (χ1n) is 17.1. The summed E-state index contributed by atoms with van der Waals surface area (Å²) in [5.74, 6) is 1.42. The van der Waals surface area contributed by atoms with Crippen molar-refractivity contribution in [3.05, 3.63) is 82.9 Å². The number of carbonyl (C=O) groups excluding carboxylic acids is 1. The molecule has 1 heterocycles. The first kappa shape index (κ1) is 40.3. The van der Waals surface area contributed by atoms with Gasteiger partial charge in [-0.2, -0.15) is 0 Å². The zero-order valence-corrected chi connectivity index (χ0v) is 33.5. The monoisotopic (exact) mass is 814 g/mol. The molecule has 0 amide bonds. The third-order valence-electron chi connectivity index (χ3n) is 10.2. The summed E-state index contributed by atoms with van der Waals surface area (Å²) in [7, 11) is 0. The molecule has 5 heteroatoms. The molecule has 3 aromatic carbocycles. The number of hydrogen-bond donors (Lipinski definition) is 1. The predicted molar refractivity (Wildman–Crippen MR) is 197 cm³/mol. The Morgan fingerprint density at radius 2 is 1.47 bits per heavy atom. The van der Waals surface area contributed by atoms with Crippen LogP contribution in [-0.2, 0) is 30.3 Å². The molecule has 1 N–H and O–H groups in total. The number of allylic oxidation sites excluding steroid dienone is 2. The van der Waals surface area contributed by atoms with Crippen molar-refractivity contribution in [2.75, 3.05) is 0 Å². The van der Waals surface area contributed by atoms with Gasteiger partial charge in [-0.1, -0.05) is 113 Å². The maximum atomic E-state index is 12.2. The van der Waals surface area contributed by atoms with Crippen LogP contribution in [0.2, 0.25) is 0 Å². The Balaban J connectivity index is 0.000000370. The second-order valence-electron chi connectivity index (χ2n) is 14.9. The molecule has 0 saturated heterocycles. The first-order chi connectivity index (χ1) is 21.4. The van der Waals surface area contributed by atoms with Crippen LogP contribution in [0.1, 0.15) is 130 Å². The van der Waals surface area contributed by atoms with Crippen LogP contribution in [0, 0.1) is 30.7 Å². The summed E-state index contributed by atoms with van der Waals surface area (Å²) < 4.78 is 0. The molecule has 4 rings (SSSR count). The summed E-state index contributed by atoms with van der Waals surface area (Å²) in [6.45, 7) is 27.4. The van der Waals surface area contributed by atoms with E-state index in [1.807, 2.05) is 41.5 Å². The van der Waals surface area contributed by atoms with E-state index in [2.05, 4.69) is 97.0 Å². The minimum absolute atomic E-state index is 0. The topological polar surface area (TPSA) is 63.1 Å². The third kappa shape index (κ3) is 8.98. The van der Waals surface area contributed by atoms with E-state index in [4.69, 9.17) is 9.97 Å². The van der Waals surface area contributed by atoms with Gasteiger partial charge in [-0.25, -0.2) is 4.98 Å². The summed E-state index contributed by atoms with van der Waals surface area (Å²) in [6, 6.07) is 18.8. The Bertz CT molecular complexity index is 1720. The molecule has 0 bridgehead atoms. The Hall–Kier alpha value is -2.88. The van der Waals surface area contributed by atoms with Crippen molar-refractivity contribution in [2.45, 2.75) is 127 Å². The van der Waals surface area contributed by atoms with Crippen LogP contribution in [0.5, 0.6) is 0 Å². The fourth-order valence-electron chi connectivity index (χ4n) is 5.58. The number of aryl methyl sites for hydroxylation is 2. The van der Waals surface area contributed by atoms with Gasteiger partial charge in [0.05, 0.1) is 5.52 Å². The largest absolute Gasteiger partial charge is 0.512 e. The molecule has 0 atom stereocenters. The fourth-order valence-corrected chi connectivity index (χ4v) is 5.58. The van der Waals surface area contributed by atoms with Crippen LogP contribution in [0.3, 0.4) is 0 Å². The zero-order chi connectivity index (χ0) is 34.6. The van der Waals surface area contributed by atoms with Crippen LogP contribution >= 0.6 is 0 Å². The van der Waals surface area contributed by atoms with Gasteiger partial charge in [0.2, 0.25) is 0 Å². The van der Waals surface area contributed by atoms with Gasteiger partial charge in [0, 0.05) is 48.3 Å². The van der Waals surface area contributed by atoms with Gasteiger partial charge < -0.3 is 5.11 Å². The van der Waals surface area contributed by atoms with Crippen molar-refractivity contribution >= 4 is 27.5 Å². The average molecular weight is 814 g/mol. The smallest absolute Gasteiger partial charge is 0.164 e. The van der Waals surface area contributed by atoms with Crippen molar-refractivity contribution in [3.8, 4) is 11.3 Å². The van der Waals surface area contributed by atoms with Crippen molar-refractivity contribution in [3.63, 3.8) is 0 Å². The van der Waals surface area contributed by atoms with E-state index in [1.54, 1.807) is 0 Å². The van der Waals surface area contributed by atoms with E-state index < -0.39 is 0 Å². The Kier molecular flexibility index (Phi) is 13.7. The summed E-state index contributed by atoms with van der Waals surface area (Å²) >= 11 is 0. The summed E-state index contributed by atoms with van der Waals surface area (Å²) in [6.07, 6.45) is 4.75. The molecular formula is C42H57IrN2O2-. The Morgan fingerprint density at radius 1 is 0.872 bits per heavy atom. The molecule has 0 fully saturated rings. The molecule has 0 aliphatic carbocycles. The molecule has 0 spiro atoms. The minimum atomic E-state index is -0.337. The fraction of sp³-hybridized carbons (Fsp3) is 0.500. The first-order valence-corrected chi connectivity index (χ1v) is 17.1. The summed E-state index contributed by atoms with van der Waals surface area (Å²) in [5.41, 5.74) is 6.24. The second-order valence-corrected chi connectivity index (χ2v) is 14.9. The van der Waals surface area contributed by atoms with Crippen LogP contribution < -0.4 is 0 Å². The van der Waals surface area contributed by atoms with Gasteiger partial charge in [0.1, 0.15) is 11.6 Å². The van der Waals surface area contributed by atoms with Crippen LogP contribution in [0.4, 0.5) is 0 Å². The van der Waals surface area contributed by atoms with E-state index in [-0.39, 0.29) is 53.8 Å². The molecule has 4 nitrogen and oxygen atoms in total. The Morgan fingerprint density at radius 3 is 2.00 bits per heavy atom. The van der Waals surface area contributed by atoms with Crippen molar-refractivity contribution in [1.29, 1.82) is 0 Å². The molecule has 0 aliphatic rings. The molecule has 47 heavy (non-hydrogen) atoms. The second kappa shape index (κ2) is 16.0. The van der Waals surface area contributed by atoms with Gasteiger partial charge in [-0.3, -0.25) is 9.78 Å². The molecule has 0 unspecified atom stereocenters. The van der Waals surface area contributed by atoms with E-state index in [0.29, 0.717) is 0 Å². The van der Waals surface area contributed by atoms with Crippen molar-refractivity contribution < 1.29 is 30.0 Å². The summed E-state index contributed by atoms with van der Waals surface area (Å²) in [5, 5.41) is 13.7. The maximum absolute atomic E-state index is 12.2. The van der Waals surface area contributed by atoms with Gasteiger partial charge >= 0.3 is 0 Å². The van der Waals surface area contributed by atoms with E-state index in [0.717, 1.165) is 59.2 Å². The number of aromatic nitrogens is 2. The number of aliphatic hydroxyl groups is 1. The average Bonchev–Trinajstić information content (AvgIpc) is 3.02. The van der Waals surface area contributed by atoms with Crippen molar-refractivity contribution in [1.82, 2.24) is 9.97 Å². The molecule has 257 valence electrons. The number of carbonyl (C=O) groups is 1. The maximum Gasteiger partial charge on any atom is 0.164 e. The molecule has 1 radical (unpaired) electrons. The summed E-state index contributed by atoms with van der Waals surface area (Å²) in [4.78, 5) is 22.2. The normalized spacial score (nSPS) is 12.6. The van der Waals surface area contributed by atoms with Gasteiger partial charge in [0.15, 0.2) is 5.78 Å². The van der Waals surface area contributed by atoms with Crippen LogP contribution in [0.15, 0.2) is 54.3 Å². The number of benzene rings is 3.